The molecular formula is C17H32IN5S. The first-order chi connectivity index (χ1) is 11.1. The van der Waals surface area contributed by atoms with E-state index in [0.29, 0.717) is 6.04 Å². The second-order valence-corrected chi connectivity index (χ2v) is 7.16. The van der Waals surface area contributed by atoms with Crippen LogP contribution in [-0.4, -0.2) is 74.7 Å². The zero-order valence-electron chi connectivity index (χ0n) is 15.4. The van der Waals surface area contributed by atoms with E-state index >= 15 is 0 Å². The van der Waals surface area contributed by atoms with Gasteiger partial charge in [0.15, 0.2) is 5.96 Å². The van der Waals surface area contributed by atoms with Gasteiger partial charge in [-0.25, -0.2) is 0 Å². The summed E-state index contributed by atoms with van der Waals surface area (Å²) in [6, 6.07) is 4.91. The normalized spacial score (nSPS) is 15.8. The summed E-state index contributed by atoms with van der Waals surface area (Å²) in [7, 11) is 2.16. The number of rotatable bonds is 6. The zero-order chi connectivity index (χ0) is 16.7. The summed E-state index contributed by atoms with van der Waals surface area (Å²) in [5.41, 5.74) is 0. The predicted molar refractivity (Wildman–Crippen MR) is 117 cm³/mol. The maximum absolute atomic E-state index is 4.82. The van der Waals surface area contributed by atoms with Crippen LogP contribution >= 0.6 is 35.3 Å². The van der Waals surface area contributed by atoms with Crippen molar-refractivity contribution in [2.24, 2.45) is 4.99 Å². The number of hydrogen-bond donors (Lipinski definition) is 1. The van der Waals surface area contributed by atoms with Crippen molar-refractivity contribution in [2.75, 3.05) is 57.8 Å². The molecule has 1 aliphatic rings. The molecule has 1 aliphatic heterocycles. The first-order valence-electron chi connectivity index (χ1n) is 8.63. The van der Waals surface area contributed by atoms with Crippen LogP contribution in [0.2, 0.25) is 0 Å². The molecule has 1 fully saturated rings. The molecule has 0 saturated carbocycles. The maximum Gasteiger partial charge on any atom is 0.194 e. The molecule has 1 aromatic heterocycles. The first-order valence-corrected chi connectivity index (χ1v) is 9.51. The van der Waals surface area contributed by atoms with Gasteiger partial charge in [-0.1, -0.05) is 0 Å². The predicted octanol–water partition coefficient (Wildman–Crippen LogP) is 2.79. The van der Waals surface area contributed by atoms with Gasteiger partial charge in [-0.05, 0) is 45.3 Å². The number of hydrogen-bond acceptors (Lipinski definition) is 4. The van der Waals surface area contributed by atoms with E-state index in [0.717, 1.165) is 51.8 Å². The van der Waals surface area contributed by atoms with Gasteiger partial charge in [-0.3, -0.25) is 4.99 Å². The number of nitrogens with one attached hydrogen (secondary N) is 1. The molecule has 2 heterocycles. The zero-order valence-corrected chi connectivity index (χ0v) is 18.5. The van der Waals surface area contributed by atoms with Crippen LogP contribution in [0, 0.1) is 0 Å². The molecule has 0 unspecified atom stereocenters. The topological polar surface area (TPSA) is 34.1 Å². The quantitative estimate of drug-likeness (QED) is 0.398. The SMILES string of the molecule is CCNC(=NCCN(C)C(C)C)N1CCN(c2cccs2)CC1.I. The molecule has 0 spiro atoms. The van der Waals surface area contributed by atoms with Crippen molar-refractivity contribution in [3.8, 4) is 0 Å². The summed E-state index contributed by atoms with van der Waals surface area (Å²) in [6.45, 7) is 13.5. The van der Waals surface area contributed by atoms with Gasteiger partial charge in [0.05, 0.1) is 11.5 Å². The van der Waals surface area contributed by atoms with Crippen molar-refractivity contribution in [1.29, 1.82) is 0 Å². The van der Waals surface area contributed by atoms with E-state index < -0.39 is 0 Å². The van der Waals surface area contributed by atoms with Gasteiger partial charge in [0, 0.05) is 45.3 Å². The Balaban J connectivity index is 0.00000288. The number of anilines is 1. The van der Waals surface area contributed by atoms with E-state index in [4.69, 9.17) is 4.99 Å². The Bertz CT molecular complexity index is 469. The Morgan fingerprint density at radius 1 is 1.33 bits per heavy atom. The third kappa shape index (κ3) is 6.40. The van der Waals surface area contributed by atoms with E-state index in [-0.39, 0.29) is 24.0 Å². The minimum atomic E-state index is 0. The smallest absolute Gasteiger partial charge is 0.194 e. The number of likely N-dealkylation sites (N-methyl/N-ethyl adjacent to an activating group) is 1. The highest BCUT2D eigenvalue weighted by atomic mass is 127. The summed E-state index contributed by atoms with van der Waals surface area (Å²) < 4.78 is 0. The molecule has 1 aromatic rings. The lowest BCUT2D eigenvalue weighted by Gasteiger charge is -2.37. The van der Waals surface area contributed by atoms with Gasteiger partial charge in [0.25, 0.3) is 0 Å². The highest BCUT2D eigenvalue weighted by Gasteiger charge is 2.20. The number of piperazine rings is 1. The lowest BCUT2D eigenvalue weighted by molar-refractivity contribution is 0.281. The van der Waals surface area contributed by atoms with Gasteiger partial charge in [-0.15, -0.1) is 35.3 Å². The van der Waals surface area contributed by atoms with Crippen molar-refractivity contribution in [3.63, 3.8) is 0 Å². The van der Waals surface area contributed by atoms with E-state index in [2.05, 4.69) is 65.3 Å². The number of guanidine groups is 1. The Morgan fingerprint density at radius 2 is 2.04 bits per heavy atom. The Labute approximate surface area is 168 Å². The fourth-order valence-electron chi connectivity index (χ4n) is 2.59. The lowest BCUT2D eigenvalue weighted by Crippen LogP contribution is -2.52. The van der Waals surface area contributed by atoms with Crippen LogP contribution in [0.1, 0.15) is 20.8 Å². The highest BCUT2D eigenvalue weighted by Crippen LogP contribution is 2.22. The van der Waals surface area contributed by atoms with Gasteiger partial charge >= 0.3 is 0 Å². The monoisotopic (exact) mass is 465 g/mol. The molecule has 138 valence electrons. The van der Waals surface area contributed by atoms with Gasteiger partial charge < -0.3 is 20.0 Å². The minimum absolute atomic E-state index is 0. The van der Waals surface area contributed by atoms with Gasteiger partial charge in [-0.2, -0.15) is 0 Å². The van der Waals surface area contributed by atoms with Crippen molar-refractivity contribution < 1.29 is 0 Å². The molecule has 0 aliphatic carbocycles. The van der Waals surface area contributed by atoms with E-state index in [9.17, 15) is 0 Å². The largest absolute Gasteiger partial charge is 0.360 e. The van der Waals surface area contributed by atoms with Crippen LogP contribution in [0.5, 0.6) is 0 Å². The average molecular weight is 465 g/mol. The van der Waals surface area contributed by atoms with Crippen LogP contribution in [0.3, 0.4) is 0 Å². The second kappa shape index (κ2) is 11.1. The standard InChI is InChI=1S/C17H31N5S.HI/c1-5-18-17(19-8-9-20(4)15(2)3)22-12-10-21(11-13-22)16-7-6-14-23-16;/h6-7,14-15H,5,8-13H2,1-4H3,(H,18,19);1H. The number of halogens is 1. The molecule has 24 heavy (non-hydrogen) atoms. The molecule has 0 radical (unpaired) electrons. The number of thiophene rings is 1. The Morgan fingerprint density at radius 3 is 2.58 bits per heavy atom. The third-order valence-electron chi connectivity index (χ3n) is 4.33. The minimum Gasteiger partial charge on any atom is -0.360 e. The van der Waals surface area contributed by atoms with Crippen LogP contribution in [0.4, 0.5) is 5.00 Å². The summed E-state index contributed by atoms with van der Waals surface area (Å²) >= 11 is 1.83. The average Bonchev–Trinajstić information content (AvgIpc) is 3.08. The second-order valence-electron chi connectivity index (χ2n) is 6.24. The molecule has 5 nitrogen and oxygen atoms in total. The molecule has 0 amide bonds. The number of aliphatic imine (C=N–C) groups is 1. The molecule has 0 aromatic carbocycles. The first kappa shape index (κ1) is 21.5. The van der Waals surface area contributed by atoms with Crippen LogP contribution in [-0.2, 0) is 0 Å². The van der Waals surface area contributed by atoms with Crippen molar-refractivity contribution >= 4 is 46.3 Å². The van der Waals surface area contributed by atoms with Gasteiger partial charge in [0.1, 0.15) is 0 Å². The summed E-state index contributed by atoms with van der Waals surface area (Å²) in [4.78, 5) is 12.0. The van der Waals surface area contributed by atoms with Crippen LogP contribution < -0.4 is 10.2 Å². The van der Waals surface area contributed by atoms with E-state index in [1.807, 2.05) is 11.3 Å². The molecule has 0 atom stereocenters. The lowest BCUT2D eigenvalue weighted by atomic mass is 10.3. The fraction of sp³-hybridized carbons (Fsp3) is 0.706. The van der Waals surface area contributed by atoms with Crippen LogP contribution in [0.15, 0.2) is 22.5 Å². The fourth-order valence-corrected chi connectivity index (χ4v) is 3.37. The van der Waals surface area contributed by atoms with E-state index in [1.165, 1.54) is 5.00 Å². The molecular weight excluding hydrogens is 433 g/mol. The Kier molecular flexibility index (Phi) is 9.99. The maximum atomic E-state index is 4.82. The molecule has 1 saturated heterocycles. The summed E-state index contributed by atoms with van der Waals surface area (Å²) in [6.07, 6.45) is 0. The molecule has 0 bridgehead atoms. The Hall–Kier alpha value is -0.540. The van der Waals surface area contributed by atoms with Crippen molar-refractivity contribution in [3.05, 3.63) is 17.5 Å². The van der Waals surface area contributed by atoms with Gasteiger partial charge in [0.2, 0.25) is 0 Å². The van der Waals surface area contributed by atoms with E-state index in [1.54, 1.807) is 0 Å². The third-order valence-corrected chi connectivity index (χ3v) is 5.26. The van der Waals surface area contributed by atoms with Crippen LogP contribution in [0.25, 0.3) is 0 Å². The molecule has 1 N–H and O–H groups in total. The number of nitrogens with zero attached hydrogens (tertiary/aromatic N) is 4. The summed E-state index contributed by atoms with van der Waals surface area (Å²) in [5, 5.41) is 6.98. The molecule has 7 heteroatoms. The molecule has 2 rings (SSSR count). The van der Waals surface area contributed by atoms with Crippen molar-refractivity contribution in [2.45, 2.75) is 26.8 Å². The highest BCUT2D eigenvalue weighted by molar-refractivity contribution is 14.0. The summed E-state index contributed by atoms with van der Waals surface area (Å²) in [5.74, 6) is 1.07. The van der Waals surface area contributed by atoms with Crippen molar-refractivity contribution in [1.82, 2.24) is 15.1 Å².